The molecule has 2 rings (SSSR count). The molecule has 96 valence electrons. The average Bonchev–Trinajstić information content (AvgIpc) is 2.59. The lowest BCUT2D eigenvalue weighted by Crippen LogP contribution is -2.33. The largest absolute Gasteiger partial charge is 0.311 e. The maximum Gasteiger partial charge on any atom is 0.107 e. The minimum Gasteiger partial charge on any atom is -0.311 e. The molecule has 0 atom stereocenters. The van der Waals surface area contributed by atoms with E-state index in [1.165, 1.54) is 37.0 Å². The van der Waals surface area contributed by atoms with Crippen LogP contribution in [0.1, 0.15) is 43.9 Å². The second kappa shape index (κ2) is 6.05. The predicted molar refractivity (Wildman–Crippen MR) is 79.9 cm³/mol. The molecule has 1 heterocycles. The van der Waals surface area contributed by atoms with Crippen LogP contribution in [0.2, 0.25) is 4.34 Å². The van der Waals surface area contributed by atoms with Crippen molar-refractivity contribution in [1.29, 1.82) is 0 Å². The summed E-state index contributed by atoms with van der Waals surface area (Å²) < 4.78 is 1.87. The van der Waals surface area contributed by atoms with Crippen LogP contribution in [-0.4, -0.2) is 6.54 Å². The molecule has 17 heavy (non-hydrogen) atoms. The maximum atomic E-state index is 6.03. The van der Waals surface area contributed by atoms with Crippen LogP contribution in [0, 0.1) is 5.41 Å². The Morgan fingerprint density at radius 1 is 1.41 bits per heavy atom. The quantitative estimate of drug-likeness (QED) is 0.794. The van der Waals surface area contributed by atoms with Crippen LogP contribution >= 0.6 is 38.9 Å². The molecular weight excluding hydrogens is 318 g/mol. The molecule has 0 spiro atoms. The van der Waals surface area contributed by atoms with Gasteiger partial charge in [0.2, 0.25) is 0 Å². The van der Waals surface area contributed by atoms with E-state index in [1.54, 1.807) is 11.3 Å². The van der Waals surface area contributed by atoms with Crippen molar-refractivity contribution in [1.82, 2.24) is 5.32 Å². The summed E-state index contributed by atoms with van der Waals surface area (Å²) in [4.78, 5) is 1.31. The number of rotatable bonds is 4. The minimum atomic E-state index is 0.510. The van der Waals surface area contributed by atoms with Crippen molar-refractivity contribution in [2.24, 2.45) is 5.41 Å². The van der Waals surface area contributed by atoms with Gasteiger partial charge in [-0.05, 0) is 40.3 Å². The number of nitrogens with one attached hydrogen (secondary N) is 1. The van der Waals surface area contributed by atoms with Gasteiger partial charge < -0.3 is 5.32 Å². The summed E-state index contributed by atoms with van der Waals surface area (Å²) in [6.07, 6.45) is 6.95. The molecular formula is C13H19BrClNS. The Bertz CT molecular complexity index is 352. The van der Waals surface area contributed by atoms with E-state index in [9.17, 15) is 0 Å². The third kappa shape index (κ3) is 3.95. The maximum absolute atomic E-state index is 6.03. The van der Waals surface area contributed by atoms with E-state index in [4.69, 9.17) is 11.6 Å². The Morgan fingerprint density at radius 2 is 2.12 bits per heavy atom. The summed E-state index contributed by atoms with van der Waals surface area (Å²) in [5, 5.41) is 3.58. The van der Waals surface area contributed by atoms with Crippen molar-refractivity contribution in [3.05, 3.63) is 19.8 Å². The molecule has 1 aromatic rings. The lowest BCUT2D eigenvalue weighted by molar-refractivity contribution is 0.208. The Balaban J connectivity index is 1.78. The van der Waals surface area contributed by atoms with E-state index in [-0.39, 0.29) is 0 Å². The molecule has 0 saturated heterocycles. The van der Waals surface area contributed by atoms with Gasteiger partial charge in [0, 0.05) is 22.4 Å². The molecule has 1 aliphatic rings. The van der Waals surface area contributed by atoms with Gasteiger partial charge in [-0.2, -0.15) is 0 Å². The molecule has 0 radical (unpaired) electrons. The number of hydrogen-bond acceptors (Lipinski definition) is 2. The molecule has 1 nitrogen and oxygen atoms in total. The zero-order chi connectivity index (χ0) is 12.3. The first-order valence-electron chi connectivity index (χ1n) is 6.23. The van der Waals surface area contributed by atoms with Crippen LogP contribution in [0.5, 0.6) is 0 Å². The third-order valence-corrected chi connectivity index (χ3v) is 6.08. The Morgan fingerprint density at radius 3 is 2.71 bits per heavy atom. The van der Waals surface area contributed by atoms with E-state index >= 15 is 0 Å². The van der Waals surface area contributed by atoms with Gasteiger partial charge in [-0.25, -0.2) is 0 Å². The van der Waals surface area contributed by atoms with E-state index in [0.29, 0.717) is 5.41 Å². The Kier molecular flexibility index (Phi) is 4.93. The number of thiophene rings is 1. The molecule has 1 aromatic heterocycles. The molecule has 0 unspecified atom stereocenters. The monoisotopic (exact) mass is 335 g/mol. The fourth-order valence-electron chi connectivity index (χ4n) is 2.55. The molecule has 1 fully saturated rings. The standard InChI is InChI=1S/C13H19BrClNS/c1-13(5-3-2-4-6-13)9-16-8-10-7-11(14)12(15)17-10/h7,16H,2-6,8-9H2,1H3. The van der Waals surface area contributed by atoms with E-state index in [1.807, 2.05) is 0 Å². The van der Waals surface area contributed by atoms with E-state index in [2.05, 4.69) is 34.2 Å². The highest BCUT2D eigenvalue weighted by atomic mass is 79.9. The van der Waals surface area contributed by atoms with E-state index in [0.717, 1.165) is 21.9 Å². The summed E-state index contributed by atoms with van der Waals surface area (Å²) in [5.41, 5.74) is 0.510. The number of hydrogen-bond donors (Lipinski definition) is 1. The van der Waals surface area contributed by atoms with Crippen LogP contribution in [0.3, 0.4) is 0 Å². The summed E-state index contributed by atoms with van der Waals surface area (Å²) in [6.45, 7) is 4.47. The van der Waals surface area contributed by atoms with Gasteiger partial charge >= 0.3 is 0 Å². The van der Waals surface area contributed by atoms with Gasteiger partial charge in [-0.1, -0.05) is 37.8 Å². The predicted octanol–water partition coefficient (Wildman–Crippen LogP) is 5.22. The molecule has 4 heteroatoms. The van der Waals surface area contributed by atoms with Crippen LogP contribution in [0.4, 0.5) is 0 Å². The van der Waals surface area contributed by atoms with Gasteiger partial charge in [0.1, 0.15) is 4.34 Å². The highest BCUT2D eigenvalue weighted by Gasteiger charge is 2.26. The summed E-state index contributed by atoms with van der Waals surface area (Å²) in [5.74, 6) is 0. The molecule has 1 saturated carbocycles. The van der Waals surface area contributed by atoms with E-state index < -0.39 is 0 Å². The smallest absolute Gasteiger partial charge is 0.107 e. The van der Waals surface area contributed by atoms with Crippen LogP contribution < -0.4 is 5.32 Å². The zero-order valence-electron chi connectivity index (χ0n) is 10.2. The van der Waals surface area contributed by atoms with Gasteiger partial charge in [-0.15, -0.1) is 11.3 Å². The first kappa shape index (κ1) is 13.9. The van der Waals surface area contributed by atoms with Crippen molar-refractivity contribution in [3.8, 4) is 0 Å². The third-order valence-electron chi connectivity index (χ3n) is 3.61. The van der Waals surface area contributed by atoms with Gasteiger partial charge in [0.25, 0.3) is 0 Å². The summed E-state index contributed by atoms with van der Waals surface area (Å²) >= 11 is 11.1. The Labute approximate surface area is 121 Å². The fourth-order valence-corrected chi connectivity index (χ4v) is 4.31. The number of halogens is 2. The van der Waals surface area contributed by atoms with Crippen molar-refractivity contribution in [2.75, 3.05) is 6.54 Å². The average molecular weight is 337 g/mol. The summed E-state index contributed by atoms with van der Waals surface area (Å²) in [7, 11) is 0. The first-order chi connectivity index (χ1) is 8.09. The fraction of sp³-hybridized carbons (Fsp3) is 0.692. The van der Waals surface area contributed by atoms with Crippen LogP contribution in [0.25, 0.3) is 0 Å². The lowest BCUT2D eigenvalue weighted by Gasteiger charge is -2.33. The first-order valence-corrected chi connectivity index (χ1v) is 8.22. The van der Waals surface area contributed by atoms with Gasteiger partial charge in [0.15, 0.2) is 0 Å². The SMILES string of the molecule is CC1(CNCc2cc(Br)c(Cl)s2)CCCCC1. The van der Waals surface area contributed by atoms with Crippen molar-refractivity contribution in [2.45, 2.75) is 45.6 Å². The van der Waals surface area contributed by atoms with Gasteiger partial charge in [-0.3, -0.25) is 0 Å². The molecule has 0 amide bonds. The molecule has 0 bridgehead atoms. The topological polar surface area (TPSA) is 12.0 Å². The van der Waals surface area contributed by atoms with Crippen LogP contribution in [-0.2, 0) is 6.54 Å². The summed E-state index contributed by atoms with van der Waals surface area (Å²) in [6, 6.07) is 2.11. The van der Waals surface area contributed by atoms with Crippen molar-refractivity contribution >= 4 is 38.9 Å². The molecule has 0 aliphatic heterocycles. The highest BCUT2D eigenvalue weighted by molar-refractivity contribution is 9.10. The van der Waals surface area contributed by atoms with Crippen molar-refractivity contribution < 1.29 is 0 Å². The molecule has 1 N–H and O–H groups in total. The second-order valence-corrected chi connectivity index (χ2v) is 7.90. The lowest BCUT2D eigenvalue weighted by atomic mass is 9.76. The minimum absolute atomic E-state index is 0.510. The zero-order valence-corrected chi connectivity index (χ0v) is 13.3. The second-order valence-electron chi connectivity index (χ2n) is 5.31. The Hall–Kier alpha value is 0.430. The van der Waals surface area contributed by atoms with Gasteiger partial charge in [0.05, 0.1) is 0 Å². The van der Waals surface area contributed by atoms with Crippen LogP contribution in [0.15, 0.2) is 10.5 Å². The molecule has 1 aliphatic carbocycles. The van der Waals surface area contributed by atoms with Crippen molar-refractivity contribution in [3.63, 3.8) is 0 Å². The normalized spacial score (nSPS) is 19.5. The molecule has 0 aromatic carbocycles. The highest BCUT2D eigenvalue weighted by Crippen LogP contribution is 2.35.